The highest BCUT2D eigenvalue weighted by Crippen LogP contribution is 2.32. The van der Waals surface area contributed by atoms with E-state index >= 15 is 0 Å². The molecule has 256 valence electrons. The van der Waals surface area contributed by atoms with Gasteiger partial charge in [0.05, 0.1) is 6.04 Å². The number of esters is 1. The number of nitrogens with one attached hydrogen (secondary N) is 1. The number of alkyl carbamates (subject to hydrolysis) is 1. The molecule has 1 saturated heterocycles. The number of nitrogens with zero attached hydrogens (tertiary/aromatic N) is 3. The number of carboxylic acids is 1. The van der Waals surface area contributed by atoms with Gasteiger partial charge in [0.1, 0.15) is 39.2 Å². The van der Waals surface area contributed by atoms with Crippen LogP contribution in [0, 0.1) is 5.92 Å². The van der Waals surface area contributed by atoms with Crippen LogP contribution in [0.1, 0.15) is 84.8 Å². The molecular formula is C33H49BrN4O7S. The third-order valence-corrected chi connectivity index (χ3v) is 8.98. The summed E-state index contributed by atoms with van der Waals surface area (Å²) >= 11 is 4.67. The van der Waals surface area contributed by atoms with Crippen LogP contribution in [-0.2, 0) is 25.6 Å². The number of ether oxygens (including phenoxy) is 3. The Kier molecular flexibility index (Phi) is 13.0. The molecule has 1 aromatic heterocycles. The van der Waals surface area contributed by atoms with Crippen molar-refractivity contribution in [2.45, 2.75) is 110 Å². The van der Waals surface area contributed by atoms with Crippen molar-refractivity contribution in [1.29, 1.82) is 0 Å². The molecule has 1 fully saturated rings. The number of rotatable bonds is 13. The van der Waals surface area contributed by atoms with Gasteiger partial charge in [0, 0.05) is 23.5 Å². The quantitative estimate of drug-likeness (QED) is 0.228. The van der Waals surface area contributed by atoms with Crippen LogP contribution in [0.4, 0.5) is 4.79 Å². The van der Waals surface area contributed by atoms with Crippen molar-refractivity contribution in [1.82, 2.24) is 20.1 Å². The predicted molar refractivity (Wildman–Crippen MR) is 181 cm³/mol. The third-order valence-electron chi connectivity index (χ3n) is 7.36. The van der Waals surface area contributed by atoms with Gasteiger partial charge in [-0.15, -0.1) is 11.3 Å². The van der Waals surface area contributed by atoms with Gasteiger partial charge in [0.2, 0.25) is 0 Å². The highest BCUT2D eigenvalue weighted by atomic mass is 79.9. The van der Waals surface area contributed by atoms with E-state index in [-0.39, 0.29) is 24.0 Å². The van der Waals surface area contributed by atoms with Gasteiger partial charge in [-0.2, -0.15) is 0 Å². The van der Waals surface area contributed by atoms with E-state index in [1.807, 2.05) is 63.8 Å². The summed E-state index contributed by atoms with van der Waals surface area (Å²) < 4.78 is 18.2. The Morgan fingerprint density at radius 1 is 1.13 bits per heavy atom. The minimum absolute atomic E-state index is 0.0283. The lowest BCUT2D eigenvalue weighted by Crippen LogP contribution is -2.51. The lowest BCUT2D eigenvalue weighted by molar-refractivity contribution is -0.164. The van der Waals surface area contributed by atoms with E-state index in [1.54, 1.807) is 33.2 Å². The summed E-state index contributed by atoms with van der Waals surface area (Å²) in [5.41, 5.74) is -0.536. The molecule has 2 N–H and O–H groups in total. The molecule has 1 aliphatic heterocycles. The van der Waals surface area contributed by atoms with Crippen molar-refractivity contribution in [3.63, 3.8) is 0 Å². The molecular weight excluding hydrogens is 676 g/mol. The molecule has 0 bridgehead atoms. The molecule has 0 saturated carbocycles. The number of hydrogen-bond acceptors (Lipinski definition) is 10. The van der Waals surface area contributed by atoms with Crippen molar-refractivity contribution >= 4 is 45.3 Å². The van der Waals surface area contributed by atoms with E-state index in [4.69, 9.17) is 14.2 Å². The van der Waals surface area contributed by atoms with E-state index in [0.29, 0.717) is 28.5 Å². The van der Waals surface area contributed by atoms with E-state index in [9.17, 15) is 19.5 Å². The molecule has 46 heavy (non-hydrogen) atoms. The Hall–Kier alpha value is -2.74. The number of hydrogen-bond donors (Lipinski definition) is 2. The first-order valence-electron chi connectivity index (χ1n) is 15.6. The molecule has 4 atom stereocenters. The number of carbonyl (C=O) groups is 3. The van der Waals surface area contributed by atoms with Gasteiger partial charge in [-0.1, -0.05) is 32.0 Å². The van der Waals surface area contributed by atoms with Gasteiger partial charge in [-0.25, -0.2) is 14.6 Å². The minimum Gasteiger partial charge on any atom is -0.492 e. The highest BCUT2D eigenvalue weighted by Gasteiger charge is 2.40. The summed E-state index contributed by atoms with van der Waals surface area (Å²) in [6.07, 6.45) is 1.02. The number of aliphatic carboxylic acids is 1. The summed E-state index contributed by atoms with van der Waals surface area (Å²) in [5.74, 6) is -0.713. The molecule has 11 nitrogen and oxygen atoms in total. The number of likely N-dealkylation sites (N-methyl/N-ethyl adjacent to an activating group) is 1. The molecule has 1 aromatic carbocycles. The van der Waals surface area contributed by atoms with Crippen molar-refractivity contribution in [2.24, 2.45) is 5.92 Å². The second-order valence-corrected chi connectivity index (χ2v) is 15.7. The fraction of sp³-hybridized carbons (Fsp3) is 0.636. The fourth-order valence-electron chi connectivity index (χ4n) is 5.58. The lowest BCUT2D eigenvalue weighted by atomic mass is 10.0. The second kappa shape index (κ2) is 15.9. The Bertz CT molecular complexity index is 1340. The average Bonchev–Trinajstić information content (AvgIpc) is 3.54. The van der Waals surface area contributed by atoms with Crippen molar-refractivity contribution in [3.8, 4) is 5.75 Å². The summed E-state index contributed by atoms with van der Waals surface area (Å²) in [6, 6.07) is 5.10. The van der Waals surface area contributed by atoms with Crippen molar-refractivity contribution < 1.29 is 33.7 Å². The van der Waals surface area contributed by atoms with Gasteiger partial charge in [0.15, 0.2) is 6.04 Å². The summed E-state index contributed by atoms with van der Waals surface area (Å²) in [6.45, 7) is 16.3. The maximum atomic E-state index is 13.2. The number of amides is 1. The van der Waals surface area contributed by atoms with Crippen LogP contribution in [0.3, 0.4) is 0 Å². The lowest BCUT2D eigenvalue weighted by Gasteiger charge is -2.35. The molecule has 3 rings (SSSR count). The molecule has 13 heteroatoms. The Morgan fingerprint density at radius 3 is 2.35 bits per heavy atom. The number of carboxylic acid groups (broad SMARTS) is 1. The number of aromatic nitrogens is 1. The molecule has 0 spiro atoms. The largest absolute Gasteiger partial charge is 0.492 e. The first-order valence-corrected chi connectivity index (χ1v) is 17.3. The van der Waals surface area contributed by atoms with Crippen LogP contribution in [0.25, 0.3) is 0 Å². The summed E-state index contributed by atoms with van der Waals surface area (Å²) in [5, 5.41) is 15.1. The molecule has 1 amide bonds. The van der Waals surface area contributed by atoms with Gasteiger partial charge in [0.25, 0.3) is 0 Å². The SMILES string of the molecule is CC(C)[C@@H](C(=O)OC(C)(C)C)N1CCC[C@@H]1COc1ccccc1CN(C)[C@H](c1nc(Br)cs1)[C@H](NC(=O)OC(C)(C)C)C(=O)O. The zero-order valence-electron chi connectivity index (χ0n) is 28.3. The number of likely N-dealkylation sites (tertiary alicyclic amines) is 1. The van der Waals surface area contributed by atoms with Crippen LogP contribution in [0.15, 0.2) is 34.2 Å². The number of halogens is 1. The zero-order valence-corrected chi connectivity index (χ0v) is 30.7. The minimum atomic E-state index is -1.35. The normalized spacial score (nSPS) is 17.9. The van der Waals surface area contributed by atoms with Crippen LogP contribution >= 0.6 is 27.3 Å². The molecule has 0 unspecified atom stereocenters. The third kappa shape index (κ3) is 10.9. The molecule has 2 heterocycles. The smallest absolute Gasteiger partial charge is 0.408 e. The van der Waals surface area contributed by atoms with Crippen molar-refractivity contribution in [3.05, 3.63) is 44.8 Å². The van der Waals surface area contributed by atoms with Crippen LogP contribution in [-0.4, -0.2) is 87.4 Å². The van der Waals surface area contributed by atoms with Crippen LogP contribution in [0.2, 0.25) is 0 Å². The van der Waals surface area contributed by atoms with Gasteiger partial charge >= 0.3 is 18.0 Å². The van der Waals surface area contributed by atoms with E-state index in [1.165, 1.54) is 11.3 Å². The summed E-state index contributed by atoms with van der Waals surface area (Å²) in [4.78, 5) is 47.0. The Balaban J connectivity index is 1.82. The van der Waals surface area contributed by atoms with Crippen molar-refractivity contribution in [2.75, 3.05) is 20.2 Å². The first-order chi connectivity index (χ1) is 21.4. The zero-order chi connectivity index (χ0) is 34.4. The Morgan fingerprint density at radius 2 is 1.78 bits per heavy atom. The molecule has 2 aromatic rings. The van der Waals surface area contributed by atoms with Gasteiger partial charge in [-0.05, 0) is 95.9 Å². The monoisotopic (exact) mass is 724 g/mol. The fourth-order valence-corrected chi connectivity index (χ4v) is 7.05. The molecule has 1 aliphatic rings. The van der Waals surface area contributed by atoms with Gasteiger partial charge < -0.3 is 24.6 Å². The summed E-state index contributed by atoms with van der Waals surface area (Å²) in [7, 11) is 1.79. The highest BCUT2D eigenvalue weighted by molar-refractivity contribution is 9.10. The second-order valence-electron chi connectivity index (χ2n) is 14.0. The molecule has 0 radical (unpaired) electrons. The number of benzene rings is 1. The van der Waals surface area contributed by atoms with E-state index < -0.39 is 35.3 Å². The standard InChI is InChI=1S/C33H49BrN4O7S/c1-20(2)26(30(41)44-32(3,4)5)38-16-12-14-22(38)18-43-23-15-11-10-13-21(23)17-37(9)27(28-35-24(34)19-46-28)25(29(39)40)36-31(42)45-33(6,7)8/h10-11,13,15,19-20,22,25-27H,12,14,16-18H2,1-9H3,(H,36,42)(H,39,40)/t22-,25+,26+,27+/m1/s1. The van der Waals surface area contributed by atoms with Crippen LogP contribution < -0.4 is 10.1 Å². The van der Waals surface area contributed by atoms with E-state index in [2.05, 4.69) is 31.1 Å². The van der Waals surface area contributed by atoms with E-state index in [0.717, 1.165) is 24.9 Å². The maximum Gasteiger partial charge on any atom is 0.408 e. The number of para-hydroxylation sites is 1. The molecule has 0 aliphatic carbocycles. The predicted octanol–water partition coefficient (Wildman–Crippen LogP) is 6.27. The average molecular weight is 726 g/mol. The topological polar surface area (TPSA) is 131 Å². The van der Waals surface area contributed by atoms with Gasteiger partial charge in [-0.3, -0.25) is 14.6 Å². The number of thiazole rings is 1. The van der Waals surface area contributed by atoms with Crippen LogP contribution in [0.5, 0.6) is 5.75 Å². The first kappa shape index (κ1) is 37.7. The maximum absolute atomic E-state index is 13.2. The Labute approximate surface area is 285 Å². The number of carbonyl (C=O) groups excluding carboxylic acids is 2.